The largest absolute Gasteiger partial charge is 0.331 e. The van der Waals surface area contributed by atoms with Crippen molar-refractivity contribution in [1.82, 2.24) is 24.6 Å². The number of nitrogens with two attached hydrogens (primary N) is 1. The van der Waals surface area contributed by atoms with E-state index in [9.17, 15) is 9.18 Å². The van der Waals surface area contributed by atoms with Gasteiger partial charge in [0.15, 0.2) is 11.6 Å². The van der Waals surface area contributed by atoms with Crippen LogP contribution in [0.15, 0.2) is 42.7 Å². The molecule has 1 amide bonds. The van der Waals surface area contributed by atoms with Crippen molar-refractivity contribution in [3.63, 3.8) is 0 Å². The first-order valence-electron chi connectivity index (χ1n) is 10.8. The smallest absolute Gasteiger partial charge is 0.292 e. The number of hydrogen-bond acceptors (Lipinski definition) is 5. The van der Waals surface area contributed by atoms with E-state index in [1.54, 1.807) is 10.6 Å². The fourth-order valence-electron chi connectivity index (χ4n) is 5.11. The fourth-order valence-corrected chi connectivity index (χ4v) is 5.30. The van der Waals surface area contributed by atoms with Gasteiger partial charge in [-0.1, -0.05) is 23.7 Å². The quantitative estimate of drug-likeness (QED) is 0.652. The van der Waals surface area contributed by atoms with Crippen LogP contribution in [0.3, 0.4) is 0 Å². The number of amides is 1. The van der Waals surface area contributed by atoms with Crippen LogP contribution in [0.4, 0.5) is 4.39 Å². The van der Waals surface area contributed by atoms with E-state index >= 15 is 0 Å². The van der Waals surface area contributed by atoms with Gasteiger partial charge in [0.25, 0.3) is 5.91 Å². The fraction of sp³-hybridized carbons (Fsp3) is 0.391. The first kappa shape index (κ1) is 21.0. The number of nitrogens with zero attached hydrogens (tertiary/aromatic N) is 5. The molecular formula is C23H24ClFN6O. The summed E-state index contributed by atoms with van der Waals surface area (Å²) in [5.41, 5.74) is 7.57. The highest BCUT2D eigenvalue weighted by molar-refractivity contribution is 6.30. The van der Waals surface area contributed by atoms with Crippen LogP contribution in [0.5, 0.6) is 0 Å². The van der Waals surface area contributed by atoms with Crippen molar-refractivity contribution in [2.24, 2.45) is 5.73 Å². The van der Waals surface area contributed by atoms with Gasteiger partial charge in [-0.2, -0.15) is 0 Å². The summed E-state index contributed by atoms with van der Waals surface area (Å²) >= 11 is 6.22. The Morgan fingerprint density at radius 2 is 1.94 bits per heavy atom. The molecule has 0 spiro atoms. The average Bonchev–Trinajstić information content (AvgIpc) is 3.25. The van der Waals surface area contributed by atoms with Crippen molar-refractivity contribution in [3.05, 3.63) is 65.0 Å². The number of rotatable bonds is 4. The van der Waals surface area contributed by atoms with Gasteiger partial charge in [-0.25, -0.2) is 4.39 Å². The van der Waals surface area contributed by atoms with Crippen LogP contribution in [0.1, 0.15) is 41.9 Å². The van der Waals surface area contributed by atoms with Crippen molar-refractivity contribution in [1.29, 1.82) is 0 Å². The zero-order valence-corrected chi connectivity index (χ0v) is 18.3. The number of pyridine rings is 1. The molecule has 1 fully saturated rings. The Hall–Kier alpha value is -2.84. The summed E-state index contributed by atoms with van der Waals surface area (Å²) in [6, 6.07) is 9.59. The van der Waals surface area contributed by atoms with Gasteiger partial charge in [0.05, 0.1) is 11.8 Å². The molecule has 32 heavy (non-hydrogen) atoms. The molecule has 0 radical (unpaired) electrons. The number of halogens is 2. The average molecular weight is 455 g/mol. The Labute approximate surface area is 190 Å². The lowest BCUT2D eigenvalue weighted by atomic mass is 9.68. The highest BCUT2D eigenvalue weighted by atomic mass is 35.5. The summed E-state index contributed by atoms with van der Waals surface area (Å²) in [4.78, 5) is 18.9. The molecule has 166 valence electrons. The third kappa shape index (κ3) is 3.47. The Morgan fingerprint density at radius 3 is 2.66 bits per heavy atom. The van der Waals surface area contributed by atoms with Crippen LogP contribution < -0.4 is 5.73 Å². The third-order valence-corrected chi connectivity index (χ3v) is 7.20. The van der Waals surface area contributed by atoms with E-state index in [4.69, 9.17) is 17.3 Å². The predicted molar refractivity (Wildman–Crippen MR) is 119 cm³/mol. The second-order valence-corrected chi connectivity index (χ2v) is 9.02. The lowest BCUT2D eigenvalue weighted by molar-refractivity contribution is 0.0523. The van der Waals surface area contributed by atoms with E-state index in [1.807, 2.05) is 23.1 Å². The predicted octanol–water partition coefficient (Wildman–Crippen LogP) is 3.43. The van der Waals surface area contributed by atoms with Crippen LogP contribution in [-0.4, -0.2) is 49.7 Å². The second-order valence-electron chi connectivity index (χ2n) is 8.58. The van der Waals surface area contributed by atoms with Gasteiger partial charge in [0.1, 0.15) is 0 Å². The monoisotopic (exact) mass is 454 g/mol. The van der Waals surface area contributed by atoms with Crippen molar-refractivity contribution in [2.75, 3.05) is 13.1 Å². The zero-order chi connectivity index (χ0) is 22.3. The maximum atomic E-state index is 14.2. The van der Waals surface area contributed by atoms with Crippen LogP contribution in [0.25, 0.3) is 11.4 Å². The van der Waals surface area contributed by atoms with Crippen LogP contribution in [0, 0.1) is 5.82 Å². The minimum absolute atomic E-state index is 0.118. The molecule has 3 heterocycles. The van der Waals surface area contributed by atoms with Gasteiger partial charge in [0, 0.05) is 42.3 Å². The minimum Gasteiger partial charge on any atom is -0.331 e. The van der Waals surface area contributed by atoms with Crippen LogP contribution in [-0.2, 0) is 12.0 Å². The summed E-state index contributed by atoms with van der Waals surface area (Å²) in [7, 11) is 0. The van der Waals surface area contributed by atoms with E-state index in [0.29, 0.717) is 36.0 Å². The maximum Gasteiger partial charge on any atom is 0.292 e. The second kappa shape index (κ2) is 8.26. The topological polar surface area (TPSA) is 89.9 Å². The van der Waals surface area contributed by atoms with Crippen LogP contribution >= 0.6 is 11.6 Å². The normalized spacial score (nSPS) is 23.3. The molecule has 1 aliphatic heterocycles. The molecule has 2 aromatic heterocycles. The molecule has 1 aliphatic carbocycles. The SMILES string of the molecule is NCC1(c2cccc(Cl)c2)CCC(N2CCn3c(nnc3-c3ccncc3F)C2=O)CC1. The number of hydrogen-bond donors (Lipinski definition) is 1. The van der Waals surface area contributed by atoms with Crippen molar-refractivity contribution in [2.45, 2.75) is 43.7 Å². The van der Waals surface area contributed by atoms with Gasteiger partial charge in [-0.05, 0) is 49.4 Å². The highest BCUT2D eigenvalue weighted by Crippen LogP contribution is 2.41. The van der Waals surface area contributed by atoms with Crippen molar-refractivity contribution in [3.8, 4) is 11.4 Å². The van der Waals surface area contributed by atoms with Gasteiger partial charge in [0.2, 0.25) is 5.82 Å². The molecule has 7 nitrogen and oxygen atoms in total. The number of carbonyl (C=O) groups is 1. The van der Waals surface area contributed by atoms with E-state index in [-0.39, 0.29) is 23.2 Å². The van der Waals surface area contributed by atoms with Crippen molar-refractivity contribution >= 4 is 17.5 Å². The first-order chi connectivity index (χ1) is 15.5. The minimum atomic E-state index is -0.482. The van der Waals surface area contributed by atoms with E-state index in [2.05, 4.69) is 21.2 Å². The third-order valence-electron chi connectivity index (χ3n) is 6.96. The van der Waals surface area contributed by atoms with E-state index < -0.39 is 5.82 Å². The van der Waals surface area contributed by atoms with Crippen LogP contribution in [0.2, 0.25) is 5.02 Å². The lowest BCUT2D eigenvalue weighted by Crippen LogP contribution is -2.50. The standard InChI is InChI=1S/C23H24ClFN6O/c24-16-3-1-2-15(12-16)23(14-26)7-4-17(5-8-23)30-10-11-31-20(28-29-21(31)22(30)32)18-6-9-27-13-19(18)25/h1-3,6,9,12-13,17H,4-5,7-8,10-11,14,26H2. The molecular weight excluding hydrogens is 431 g/mol. The highest BCUT2D eigenvalue weighted by Gasteiger charge is 2.41. The van der Waals surface area contributed by atoms with Gasteiger partial charge >= 0.3 is 0 Å². The summed E-state index contributed by atoms with van der Waals surface area (Å²) in [6.45, 7) is 1.61. The number of carbonyl (C=O) groups excluding carboxylic acids is 1. The van der Waals surface area contributed by atoms with Gasteiger partial charge < -0.3 is 15.2 Å². The Kier molecular flexibility index (Phi) is 5.43. The summed E-state index contributed by atoms with van der Waals surface area (Å²) < 4.78 is 15.9. The Balaban J connectivity index is 1.34. The zero-order valence-electron chi connectivity index (χ0n) is 17.5. The molecule has 1 aromatic carbocycles. The first-order valence-corrected chi connectivity index (χ1v) is 11.2. The van der Waals surface area contributed by atoms with E-state index in [0.717, 1.165) is 31.9 Å². The van der Waals surface area contributed by atoms with E-state index in [1.165, 1.54) is 11.8 Å². The number of fused-ring (bicyclic) bond motifs is 1. The number of aromatic nitrogens is 4. The Morgan fingerprint density at radius 1 is 1.16 bits per heavy atom. The van der Waals surface area contributed by atoms with Gasteiger partial charge in [-0.15, -0.1) is 10.2 Å². The lowest BCUT2D eigenvalue weighted by Gasteiger charge is -2.44. The molecule has 9 heteroatoms. The van der Waals surface area contributed by atoms with Crippen molar-refractivity contribution < 1.29 is 9.18 Å². The summed E-state index contributed by atoms with van der Waals surface area (Å²) in [6.07, 6.45) is 6.13. The molecule has 2 aliphatic rings. The van der Waals surface area contributed by atoms with Gasteiger partial charge in [-0.3, -0.25) is 9.78 Å². The number of benzene rings is 1. The maximum absolute atomic E-state index is 14.2. The molecule has 0 bridgehead atoms. The molecule has 5 rings (SSSR count). The summed E-state index contributed by atoms with van der Waals surface area (Å²) in [5.74, 6) is -0.0194. The summed E-state index contributed by atoms with van der Waals surface area (Å²) in [5, 5.41) is 8.93. The Bertz CT molecular complexity index is 1160. The molecule has 0 unspecified atom stereocenters. The molecule has 3 aromatic rings. The molecule has 2 N–H and O–H groups in total. The molecule has 0 atom stereocenters. The molecule has 0 saturated heterocycles. The molecule has 1 saturated carbocycles.